The van der Waals surface area contributed by atoms with Gasteiger partial charge in [0.05, 0.1) is 0 Å². The van der Waals surface area contributed by atoms with Crippen LogP contribution in [0.2, 0.25) is 0 Å². The van der Waals surface area contributed by atoms with Gasteiger partial charge in [-0.25, -0.2) is 0 Å². The Hall–Kier alpha value is -1.36. The first-order chi connectivity index (χ1) is 8.56. The highest BCUT2D eigenvalue weighted by molar-refractivity contribution is 5.49. The second-order valence-electron chi connectivity index (χ2n) is 4.75. The number of piperidine rings is 1. The highest BCUT2D eigenvalue weighted by Gasteiger charge is 2.23. The Morgan fingerprint density at radius 2 is 2.00 bits per heavy atom. The second kappa shape index (κ2) is 5.52. The number of hydrogen-bond acceptors (Lipinski definition) is 3. The third-order valence-electron chi connectivity index (χ3n) is 3.40. The zero-order valence-corrected chi connectivity index (χ0v) is 10.4. The van der Waals surface area contributed by atoms with Gasteiger partial charge in [0.2, 0.25) is 0 Å². The summed E-state index contributed by atoms with van der Waals surface area (Å²) in [5.74, 6) is 0.631. The van der Waals surface area contributed by atoms with E-state index in [2.05, 4.69) is 16.6 Å². The number of ether oxygens (including phenoxy) is 1. The van der Waals surface area contributed by atoms with Crippen molar-refractivity contribution in [2.24, 2.45) is 11.7 Å². The number of rotatable bonds is 3. The van der Waals surface area contributed by atoms with Gasteiger partial charge in [0, 0.05) is 24.8 Å². The van der Waals surface area contributed by atoms with Crippen molar-refractivity contribution < 1.29 is 13.5 Å². The maximum atomic E-state index is 12.0. The molecule has 2 unspecified atom stereocenters. The highest BCUT2D eigenvalue weighted by atomic mass is 19.3. The van der Waals surface area contributed by atoms with Crippen LogP contribution in [-0.4, -0.2) is 25.7 Å². The molecular formula is C13H18F2N2O. The van der Waals surface area contributed by atoms with Crippen molar-refractivity contribution in [2.75, 3.05) is 18.0 Å². The fourth-order valence-corrected chi connectivity index (χ4v) is 2.24. The molecule has 0 bridgehead atoms. The Balaban J connectivity index is 2.01. The fourth-order valence-electron chi connectivity index (χ4n) is 2.24. The van der Waals surface area contributed by atoms with E-state index < -0.39 is 6.61 Å². The lowest BCUT2D eigenvalue weighted by Gasteiger charge is -2.36. The minimum absolute atomic E-state index is 0.190. The van der Waals surface area contributed by atoms with Crippen molar-refractivity contribution in [3.8, 4) is 5.75 Å². The molecule has 1 aromatic rings. The molecule has 0 aromatic heterocycles. The minimum Gasteiger partial charge on any atom is -0.435 e. The third kappa shape index (κ3) is 3.10. The van der Waals surface area contributed by atoms with E-state index in [1.807, 2.05) is 0 Å². The summed E-state index contributed by atoms with van der Waals surface area (Å²) < 4.78 is 28.4. The van der Waals surface area contributed by atoms with Crippen LogP contribution < -0.4 is 15.4 Å². The molecule has 1 heterocycles. The van der Waals surface area contributed by atoms with E-state index in [4.69, 9.17) is 5.73 Å². The molecule has 100 valence electrons. The summed E-state index contributed by atoms with van der Waals surface area (Å²) in [4.78, 5) is 2.22. The number of nitrogens with two attached hydrogens (primary N) is 1. The maximum Gasteiger partial charge on any atom is 0.387 e. The molecule has 5 heteroatoms. The van der Waals surface area contributed by atoms with Crippen LogP contribution in [0.25, 0.3) is 0 Å². The average molecular weight is 256 g/mol. The van der Waals surface area contributed by atoms with Crippen LogP contribution in [-0.2, 0) is 0 Å². The second-order valence-corrected chi connectivity index (χ2v) is 4.75. The Morgan fingerprint density at radius 1 is 1.33 bits per heavy atom. The molecule has 3 nitrogen and oxygen atoms in total. The van der Waals surface area contributed by atoms with E-state index in [0.29, 0.717) is 5.92 Å². The van der Waals surface area contributed by atoms with Gasteiger partial charge in [-0.2, -0.15) is 8.78 Å². The zero-order valence-electron chi connectivity index (χ0n) is 10.4. The van der Waals surface area contributed by atoms with Crippen LogP contribution in [0.1, 0.15) is 13.3 Å². The van der Waals surface area contributed by atoms with Crippen molar-refractivity contribution in [1.29, 1.82) is 0 Å². The number of halogens is 2. The summed E-state index contributed by atoms with van der Waals surface area (Å²) in [5, 5.41) is 0. The van der Waals surface area contributed by atoms with Crippen molar-refractivity contribution in [2.45, 2.75) is 26.0 Å². The van der Waals surface area contributed by atoms with Crippen molar-refractivity contribution in [1.82, 2.24) is 0 Å². The predicted octanol–water partition coefficient (Wildman–Crippen LogP) is 2.46. The minimum atomic E-state index is -2.77. The van der Waals surface area contributed by atoms with E-state index in [1.54, 1.807) is 24.3 Å². The van der Waals surface area contributed by atoms with Crippen molar-refractivity contribution in [3.05, 3.63) is 24.3 Å². The van der Waals surface area contributed by atoms with E-state index >= 15 is 0 Å². The first-order valence-corrected chi connectivity index (χ1v) is 6.11. The Labute approximate surface area is 106 Å². The predicted molar refractivity (Wildman–Crippen MR) is 67.0 cm³/mol. The Kier molecular flexibility index (Phi) is 4.01. The summed E-state index contributed by atoms with van der Waals surface area (Å²) in [7, 11) is 0. The number of benzene rings is 1. The van der Waals surface area contributed by atoms with Crippen LogP contribution in [0, 0.1) is 5.92 Å². The highest BCUT2D eigenvalue weighted by Crippen LogP contribution is 2.25. The monoisotopic (exact) mass is 256 g/mol. The van der Waals surface area contributed by atoms with Crippen LogP contribution in [0.3, 0.4) is 0 Å². The summed E-state index contributed by atoms with van der Waals surface area (Å²) in [6.45, 7) is 1.16. The number of anilines is 1. The average Bonchev–Trinajstić information content (AvgIpc) is 2.33. The Bertz CT molecular complexity index is 383. The van der Waals surface area contributed by atoms with E-state index in [1.165, 1.54) is 0 Å². The molecule has 0 amide bonds. The molecular weight excluding hydrogens is 238 g/mol. The molecule has 1 aromatic carbocycles. The lowest BCUT2D eigenvalue weighted by atomic mass is 9.94. The lowest BCUT2D eigenvalue weighted by molar-refractivity contribution is -0.0498. The molecule has 1 aliphatic heterocycles. The number of alkyl halides is 2. The molecule has 0 aliphatic carbocycles. The van der Waals surface area contributed by atoms with Crippen LogP contribution in [0.15, 0.2) is 24.3 Å². The fraction of sp³-hybridized carbons (Fsp3) is 0.538. The molecule has 0 spiro atoms. The molecule has 0 radical (unpaired) electrons. The number of nitrogens with zero attached hydrogens (tertiary/aromatic N) is 1. The molecule has 1 fully saturated rings. The van der Waals surface area contributed by atoms with Crippen molar-refractivity contribution >= 4 is 5.69 Å². The summed E-state index contributed by atoms with van der Waals surface area (Å²) >= 11 is 0. The summed E-state index contributed by atoms with van der Waals surface area (Å²) in [6, 6.07) is 7.01. The van der Waals surface area contributed by atoms with Crippen LogP contribution in [0.4, 0.5) is 14.5 Å². The normalized spacial score (nSPS) is 24.4. The van der Waals surface area contributed by atoms with Gasteiger partial charge < -0.3 is 15.4 Å². The standard InChI is InChI=1S/C13H18F2N2O/c1-9-8-17(7-6-12(9)16)10-2-4-11(5-3-10)18-13(14)15/h2-5,9,12-13H,6-8,16H2,1H3. The lowest BCUT2D eigenvalue weighted by Crippen LogP contribution is -2.45. The van der Waals surface area contributed by atoms with E-state index in [9.17, 15) is 8.78 Å². The summed E-state index contributed by atoms with van der Waals surface area (Å²) in [6.07, 6.45) is 0.955. The molecule has 18 heavy (non-hydrogen) atoms. The molecule has 2 atom stereocenters. The largest absolute Gasteiger partial charge is 0.435 e. The van der Waals surface area contributed by atoms with Gasteiger partial charge in [0.25, 0.3) is 0 Å². The molecule has 2 N–H and O–H groups in total. The Morgan fingerprint density at radius 3 is 2.56 bits per heavy atom. The molecule has 0 saturated carbocycles. The zero-order chi connectivity index (χ0) is 13.1. The van der Waals surface area contributed by atoms with Crippen molar-refractivity contribution in [3.63, 3.8) is 0 Å². The van der Waals surface area contributed by atoms with E-state index in [0.717, 1.165) is 25.2 Å². The first kappa shape index (κ1) is 13.1. The van der Waals surface area contributed by atoms with Gasteiger partial charge in [0.15, 0.2) is 0 Å². The molecule has 1 aliphatic rings. The van der Waals surface area contributed by atoms with Gasteiger partial charge in [-0.15, -0.1) is 0 Å². The smallest absolute Gasteiger partial charge is 0.387 e. The first-order valence-electron chi connectivity index (χ1n) is 6.11. The van der Waals surface area contributed by atoms with E-state index in [-0.39, 0.29) is 11.8 Å². The van der Waals surface area contributed by atoms with Gasteiger partial charge in [0.1, 0.15) is 5.75 Å². The summed E-state index contributed by atoms with van der Waals surface area (Å²) in [5.41, 5.74) is 6.99. The topological polar surface area (TPSA) is 38.5 Å². The van der Waals surface area contributed by atoms with Gasteiger partial charge >= 0.3 is 6.61 Å². The van der Waals surface area contributed by atoms with Gasteiger partial charge in [-0.3, -0.25) is 0 Å². The van der Waals surface area contributed by atoms with Crippen LogP contribution in [0.5, 0.6) is 5.75 Å². The van der Waals surface area contributed by atoms with Crippen LogP contribution >= 0.6 is 0 Å². The quantitative estimate of drug-likeness (QED) is 0.902. The SMILES string of the molecule is CC1CN(c2ccc(OC(F)F)cc2)CCC1N. The molecule has 1 saturated heterocycles. The maximum absolute atomic E-state index is 12.0. The van der Waals surface area contributed by atoms with Gasteiger partial charge in [-0.1, -0.05) is 6.92 Å². The number of hydrogen-bond donors (Lipinski definition) is 1. The van der Waals surface area contributed by atoms with Gasteiger partial charge in [-0.05, 0) is 36.6 Å². The molecule has 2 rings (SSSR count). The third-order valence-corrected chi connectivity index (χ3v) is 3.40.